The maximum absolute atomic E-state index is 10.2. The van der Waals surface area contributed by atoms with Gasteiger partial charge in [-0.25, -0.2) is 0 Å². The van der Waals surface area contributed by atoms with Gasteiger partial charge in [0.2, 0.25) is 0 Å². The molecule has 0 radical (unpaired) electrons. The third-order valence-electron chi connectivity index (χ3n) is 1.19. The fourth-order valence-electron chi connectivity index (χ4n) is 0.641. The molecule has 0 atom stereocenters. The minimum Gasteiger partial charge on any atom is 1.00 e. The van der Waals surface area contributed by atoms with Gasteiger partial charge >= 0.3 is 126 Å². The smallest absolute Gasteiger partial charge is 1.00 e. The zero-order chi connectivity index (χ0) is 7.56. The van der Waals surface area contributed by atoms with E-state index in [0.717, 1.165) is 0 Å². The fourth-order valence-corrected chi connectivity index (χ4v) is 1.56. The number of carbonyl (C=O) groups is 1. The monoisotopic (exact) mass is 379 g/mol. The summed E-state index contributed by atoms with van der Waals surface area (Å²) in [6.07, 6.45) is 0. The van der Waals surface area contributed by atoms with Crippen molar-refractivity contribution in [2.45, 2.75) is 0 Å². The Morgan fingerprint density at radius 1 is 1.25 bits per heavy atom. The van der Waals surface area contributed by atoms with Crippen LogP contribution in [0.3, 0.4) is 0 Å². The largest absolute Gasteiger partial charge is 1.00 e. The average Bonchev–Trinajstić information content (AvgIpc) is 1.88. The number of aromatic carboxylic acids is 1. The first-order valence-corrected chi connectivity index (χ1v) is 5.58. The van der Waals surface area contributed by atoms with Gasteiger partial charge in [0.25, 0.3) is 0 Å². The van der Waals surface area contributed by atoms with Gasteiger partial charge in [-0.15, -0.1) is 0 Å². The Labute approximate surface area is 129 Å². The van der Waals surface area contributed by atoms with Crippen LogP contribution in [0.15, 0.2) is 24.3 Å². The molecule has 0 aliphatic rings. The van der Waals surface area contributed by atoms with Crippen molar-refractivity contribution in [1.29, 1.82) is 0 Å². The third kappa shape index (κ3) is 5.06. The summed E-state index contributed by atoms with van der Waals surface area (Å²) in [5.74, 6) is -1.10. The van der Waals surface area contributed by atoms with E-state index in [1.54, 1.807) is 12.1 Å². The van der Waals surface area contributed by atoms with Gasteiger partial charge in [-0.1, -0.05) is 0 Å². The number of benzene rings is 1. The molecular formula is C7H6HgKO3. The van der Waals surface area contributed by atoms with Crippen LogP contribution in [0, 0.1) is 0 Å². The second kappa shape index (κ2) is 7.61. The Bertz CT molecular complexity index is 247. The van der Waals surface area contributed by atoms with E-state index in [9.17, 15) is 9.90 Å². The molecule has 0 heterocycles. The summed E-state index contributed by atoms with van der Waals surface area (Å²) in [6, 6.07) is 6.82. The Balaban J connectivity index is 0. The van der Waals surface area contributed by atoms with E-state index in [0.29, 0.717) is 26.1 Å². The van der Waals surface area contributed by atoms with E-state index in [1.807, 2.05) is 12.1 Å². The van der Waals surface area contributed by atoms with Gasteiger partial charge in [0.1, 0.15) is 0 Å². The molecule has 0 aliphatic heterocycles. The topological polar surface area (TPSA) is 71.6 Å². The molecule has 0 spiro atoms. The standard InChI is InChI=1S/C7H5O2.Hg.K.H2O/c8-7(9)6-4-2-1-3-5-6;;;/h2-5H,(H,8,9);;;1H2/q;;+1;/p-1. The van der Waals surface area contributed by atoms with Crippen LogP contribution in [0.1, 0.15) is 10.4 Å². The Hall–Kier alpha value is 1.22. The molecule has 0 amide bonds. The number of hydrogen-bond acceptors (Lipinski definition) is 2. The normalized spacial score (nSPS) is 7.83. The van der Waals surface area contributed by atoms with E-state index in [1.165, 1.54) is 3.07 Å². The predicted molar refractivity (Wildman–Crippen MR) is 34.0 cm³/mol. The predicted octanol–water partition coefficient (Wildman–Crippen LogP) is -4.60. The van der Waals surface area contributed by atoms with Gasteiger partial charge in [0.15, 0.2) is 0 Å². The first kappa shape index (κ1) is 15.7. The van der Waals surface area contributed by atoms with Crippen LogP contribution in [0.4, 0.5) is 0 Å². The molecule has 0 unspecified atom stereocenters. The van der Waals surface area contributed by atoms with Gasteiger partial charge in [-0.2, -0.15) is 0 Å². The molecule has 2 N–H and O–H groups in total. The van der Waals surface area contributed by atoms with E-state index in [-0.39, 0.29) is 62.4 Å². The van der Waals surface area contributed by atoms with Crippen molar-refractivity contribution >= 4 is 9.04 Å². The van der Waals surface area contributed by atoms with Crippen molar-refractivity contribution in [3.8, 4) is 0 Å². The van der Waals surface area contributed by atoms with Crippen LogP contribution < -0.4 is 59.6 Å². The number of carboxylic acid groups (broad SMARTS) is 1. The van der Waals surface area contributed by atoms with E-state index >= 15 is 0 Å². The first-order valence-electron chi connectivity index (χ1n) is 2.83. The van der Waals surface area contributed by atoms with Crippen molar-refractivity contribution in [2.75, 3.05) is 0 Å². The fraction of sp³-hybridized carbons (Fsp3) is 0. The molecule has 0 saturated heterocycles. The molecular weight excluding hydrogens is 372 g/mol. The van der Waals surface area contributed by atoms with Crippen LogP contribution in [-0.4, -0.2) is 11.4 Å². The third-order valence-corrected chi connectivity index (χ3v) is 3.02. The first-order chi connectivity index (χ1) is 4.70. The summed E-state index contributed by atoms with van der Waals surface area (Å²) < 4.78 is 1.24. The summed E-state index contributed by atoms with van der Waals surface area (Å²) in [4.78, 5) is 10.2. The molecule has 5 heteroatoms. The molecule has 0 saturated carbocycles. The SMILES string of the molecule is O.O=C([O-])c1cc[c]([Hg])cc1.[K+]. The van der Waals surface area contributed by atoms with E-state index in [4.69, 9.17) is 0 Å². The van der Waals surface area contributed by atoms with Gasteiger partial charge in [0, 0.05) is 0 Å². The Kier molecular flexibility index (Phi) is 9.94. The maximum Gasteiger partial charge on any atom is 1.00 e. The summed E-state index contributed by atoms with van der Waals surface area (Å²) in [7, 11) is 0. The van der Waals surface area contributed by atoms with Crippen molar-refractivity contribution < 1.29 is 92.9 Å². The summed E-state index contributed by atoms with van der Waals surface area (Å²) in [6.45, 7) is 0. The zero-order valence-corrected chi connectivity index (χ0v) is 15.5. The zero-order valence-electron chi connectivity index (χ0n) is 6.83. The van der Waals surface area contributed by atoms with Gasteiger partial charge in [-0.3, -0.25) is 0 Å². The second-order valence-corrected chi connectivity index (χ2v) is 5.16. The van der Waals surface area contributed by atoms with E-state index in [2.05, 4.69) is 0 Å². The summed E-state index contributed by atoms with van der Waals surface area (Å²) in [5, 5.41) is 10.2. The summed E-state index contributed by atoms with van der Waals surface area (Å²) >= 11 is 0.575. The molecule has 0 aromatic heterocycles. The van der Waals surface area contributed by atoms with Crippen LogP contribution in [0.5, 0.6) is 0 Å². The maximum atomic E-state index is 10.2. The van der Waals surface area contributed by atoms with Crippen LogP contribution >= 0.6 is 0 Å². The van der Waals surface area contributed by atoms with Gasteiger partial charge in [-0.05, 0) is 0 Å². The molecule has 0 bridgehead atoms. The van der Waals surface area contributed by atoms with Crippen molar-refractivity contribution in [1.82, 2.24) is 0 Å². The molecule has 3 nitrogen and oxygen atoms in total. The number of hydrogen-bond donors (Lipinski definition) is 0. The number of carboxylic acids is 1. The number of carbonyl (C=O) groups excluding carboxylic acids is 1. The van der Waals surface area contributed by atoms with Crippen molar-refractivity contribution in [3.05, 3.63) is 29.8 Å². The average molecular weight is 378 g/mol. The molecule has 0 aliphatic carbocycles. The van der Waals surface area contributed by atoms with Crippen LogP contribution in [-0.2, 0) is 26.1 Å². The van der Waals surface area contributed by atoms with Crippen LogP contribution in [0.25, 0.3) is 0 Å². The van der Waals surface area contributed by atoms with Crippen molar-refractivity contribution in [3.63, 3.8) is 0 Å². The van der Waals surface area contributed by atoms with Crippen LogP contribution in [0.2, 0.25) is 0 Å². The summed E-state index contributed by atoms with van der Waals surface area (Å²) in [5.41, 5.74) is 0.259. The van der Waals surface area contributed by atoms with Crippen molar-refractivity contribution in [2.24, 2.45) is 0 Å². The molecule has 0 fully saturated rings. The molecule has 55 valence electrons. The Morgan fingerprint density at radius 2 is 1.67 bits per heavy atom. The molecule has 1 aromatic rings. The van der Waals surface area contributed by atoms with E-state index < -0.39 is 5.97 Å². The molecule has 1 rings (SSSR count). The second-order valence-electron chi connectivity index (χ2n) is 1.98. The van der Waals surface area contributed by atoms with Gasteiger partial charge in [0.05, 0.1) is 0 Å². The number of rotatable bonds is 1. The minimum atomic E-state index is -1.10. The van der Waals surface area contributed by atoms with Gasteiger partial charge < -0.3 is 5.48 Å². The quantitative estimate of drug-likeness (QED) is 0.462. The Morgan fingerprint density at radius 3 is 2.00 bits per heavy atom. The molecule has 12 heavy (non-hydrogen) atoms. The molecule has 1 aromatic carbocycles. The minimum absolute atomic E-state index is 0.